The van der Waals surface area contributed by atoms with E-state index in [1.165, 1.54) is 29.8 Å². The SMILES string of the molecule is CCCOc1ccc(S(=O)(=O)N(CCO)CCO)cc1-c1nc2c([nH]1)c(=O)n(C)c(=O)n2CC(C)C. The Balaban J connectivity index is 2.27. The third-order valence-corrected chi connectivity index (χ3v) is 7.42. The number of rotatable bonds is 12. The fourth-order valence-corrected chi connectivity index (χ4v) is 5.26. The summed E-state index contributed by atoms with van der Waals surface area (Å²) in [6.45, 7) is 5.30. The molecule has 3 rings (SSSR count). The number of hydrogen-bond acceptors (Lipinski definition) is 8. The maximum absolute atomic E-state index is 13.2. The van der Waals surface area contributed by atoms with Crippen LogP contribution in [-0.4, -0.2) is 74.9 Å². The highest BCUT2D eigenvalue weighted by molar-refractivity contribution is 7.89. The molecular formula is C23H33N5O7S. The van der Waals surface area contributed by atoms with Gasteiger partial charge in [0.2, 0.25) is 10.0 Å². The minimum Gasteiger partial charge on any atom is -0.493 e. The van der Waals surface area contributed by atoms with Crippen molar-refractivity contribution in [3.05, 3.63) is 39.0 Å². The lowest BCUT2D eigenvalue weighted by molar-refractivity contribution is 0.217. The summed E-state index contributed by atoms with van der Waals surface area (Å²) in [6, 6.07) is 4.25. The van der Waals surface area contributed by atoms with Crippen LogP contribution in [0, 0.1) is 5.92 Å². The average Bonchev–Trinajstić information content (AvgIpc) is 3.29. The quantitative estimate of drug-likeness (QED) is 0.310. The number of aliphatic hydroxyl groups is 2. The van der Waals surface area contributed by atoms with Crippen molar-refractivity contribution < 1.29 is 23.4 Å². The normalized spacial score (nSPS) is 12.2. The summed E-state index contributed by atoms with van der Waals surface area (Å²) in [5, 5.41) is 18.6. The first kappa shape index (κ1) is 27.6. The van der Waals surface area contributed by atoms with Crippen molar-refractivity contribution in [2.45, 2.75) is 38.6 Å². The summed E-state index contributed by atoms with van der Waals surface area (Å²) in [5.41, 5.74) is -0.472. The van der Waals surface area contributed by atoms with Crippen molar-refractivity contribution in [2.75, 3.05) is 32.9 Å². The maximum Gasteiger partial charge on any atom is 0.332 e. The Morgan fingerprint density at radius 2 is 1.83 bits per heavy atom. The minimum atomic E-state index is -4.07. The maximum atomic E-state index is 13.2. The van der Waals surface area contributed by atoms with Gasteiger partial charge in [0, 0.05) is 26.7 Å². The van der Waals surface area contributed by atoms with E-state index < -0.39 is 34.5 Å². The Bertz CT molecular complexity index is 1430. The highest BCUT2D eigenvalue weighted by Gasteiger charge is 2.26. The predicted molar refractivity (Wildman–Crippen MR) is 135 cm³/mol. The van der Waals surface area contributed by atoms with E-state index in [9.17, 15) is 28.2 Å². The van der Waals surface area contributed by atoms with Crippen LogP contribution in [0.1, 0.15) is 27.2 Å². The molecule has 0 aliphatic heterocycles. The van der Waals surface area contributed by atoms with Crippen LogP contribution < -0.4 is 16.0 Å². The lowest BCUT2D eigenvalue weighted by Gasteiger charge is -2.21. The van der Waals surface area contributed by atoms with Gasteiger partial charge in [-0.1, -0.05) is 20.8 Å². The van der Waals surface area contributed by atoms with E-state index in [0.29, 0.717) is 30.9 Å². The molecule has 0 bridgehead atoms. The molecule has 0 saturated heterocycles. The zero-order chi connectivity index (χ0) is 26.6. The molecule has 2 heterocycles. The molecule has 13 heteroatoms. The monoisotopic (exact) mass is 523 g/mol. The number of aliphatic hydroxyl groups excluding tert-OH is 2. The second-order valence-electron chi connectivity index (χ2n) is 8.79. The zero-order valence-corrected chi connectivity index (χ0v) is 21.7. The van der Waals surface area contributed by atoms with E-state index >= 15 is 0 Å². The second kappa shape index (κ2) is 11.4. The number of nitrogens with zero attached hydrogens (tertiary/aromatic N) is 4. The molecule has 1 aromatic carbocycles. The molecule has 12 nitrogen and oxygen atoms in total. The lowest BCUT2D eigenvalue weighted by Crippen LogP contribution is -2.38. The van der Waals surface area contributed by atoms with E-state index in [2.05, 4.69) is 9.97 Å². The largest absolute Gasteiger partial charge is 0.493 e. The van der Waals surface area contributed by atoms with Gasteiger partial charge in [-0.25, -0.2) is 18.2 Å². The molecule has 0 radical (unpaired) electrons. The minimum absolute atomic E-state index is 0.101. The molecule has 0 amide bonds. The number of aromatic nitrogens is 4. The molecule has 0 spiro atoms. The van der Waals surface area contributed by atoms with Crippen molar-refractivity contribution in [3.63, 3.8) is 0 Å². The molecular weight excluding hydrogens is 490 g/mol. The first-order valence-electron chi connectivity index (χ1n) is 11.7. The number of H-pyrrole nitrogens is 1. The summed E-state index contributed by atoms with van der Waals surface area (Å²) in [7, 11) is -2.68. The number of ether oxygens (including phenoxy) is 1. The van der Waals surface area contributed by atoms with Gasteiger partial charge in [-0.2, -0.15) is 4.31 Å². The summed E-state index contributed by atoms with van der Waals surface area (Å²) >= 11 is 0. The number of sulfonamides is 1. The fraction of sp³-hybridized carbons (Fsp3) is 0.522. The molecule has 3 N–H and O–H groups in total. The van der Waals surface area contributed by atoms with Gasteiger partial charge < -0.3 is 19.9 Å². The van der Waals surface area contributed by atoms with E-state index in [4.69, 9.17) is 4.74 Å². The van der Waals surface area contributed by atoms with E-state index in [0.717, 1.165) is 8.87 Å². The highest BCUT2D eigenvalue weighted by Crippen LogP contribution is 2.32. The third-order valence-electron chi connectivity index (χ3n) is 5.53. The van der Waals surface area contributed by atoms with Crippen molar-refractivity contribution >= 4 is 21.2 Å². The number of hydrogen-bond donors (Lipinski definition) is 3. The van der Waals surface area contributed by atoms with Crippen LogP contribution in [0.5, 0.6) is 5.75 Å². The van der Waals surface area contributed by atoms with E-state index in [1.54, 1.807) is 0 Å². The number of fused-ring (bicyclic) bond motifs is 1. The van der Waals surface area contributed by atoms with Crippen molar-refractivity contribution in [1.29, 1.82) is 0 Å². The van der Waals surface area contributed by atoms with Gasteiger partial charge in [-0.15, -0.1) is 0 Å². The van der Waals surface area contributed by atoms with Gasteiger partial charge in [0.05, 0.1) is 30.3 Å². The Kier molecular flexibility index (Phi) is 8.71. The van der Waals surface area contributed by atoms with Gasteiger partial charge in [0.25, 0.3) is 5.56 Å². The molecule has 0 aliphatic carbocycles. The Hall–Kier alpha value is -3.00. The van der Waals surface area contributed by atoms with Gasteiger partial charge in [-0.3, -0.25) is 13.9 Å². The second-order valence-corrected chi connectivity index (χ2v) is 10.7. The highest BCUT2D eigenvalue weighted by atomic mass is 32.2. The molecule has 0 aliphatic rings. The number of aromatic amines is 1. The summed E-state index contributed by atoms with van der Waals surface area (Å²) in [4.78, 5) is 33.0. The molecule has 36 heavy (non-hydrogen) atoms. The Morgan fingerprint density at radius 1 is 1.17 bits per heavy atom. The topological polar surface area (TPSA) is 160 Å². The summed E-state index contributed by atoms with van der Waals surface area (Å²) in [6.07, 6.45) is 0.703. The average molecular weight is 524 g/mol. The van der Waals surface area contributed by atoms with Gasteiger partial charge >= 0.3 is 5.69 Å². The first-order valence-corrected chi connectivity index (χ1v) is 13.2. The zero-order valence-electron chi connectivity index (χ0n) is 20.9. The lowest BCUT2D eigenvalue weighted by atomic mass is 10.2. The van der Waals surface area contributed by atoms with Crippen LogP contribution in [0.2, 0.25) is 0 Å². The van der Waals surface area contributed by atoms with Crippen LogP contribution >= 0.6 is 0 Å². The first-order chi connectivity index (χ1) is 17.1. The molecule has 0 unspecified atom stereocenters. The Labute approximate surface area is 208 Å². The van der Waals surface area contributed by atoms with Crippen LogP contribution in [0.3, 0.4) is 0 Å². The van der Waals surface area contributed by atoms with Crippen LogP contribution in [-0.2, 0) is 23.6 Å². The number of nitrogens with one attached hydrogen (secondary N) is 1. The number of benzene rings is 1. The van der Waals surface area contributed by atoms with Gasteiger partial charge in [-0.05, 0) is 30.5 Å². The van der Waals surface area contributed by atoms with Crippen molar-refractivity contribution in [3.8, 4) is 17.1 Å². The number of imidazole rings is 1. The van der Waals surface area contributed by atoms with Crippen LogP contribution in [0.4, 0.5) is 0 Å². The molecule has 3 aromatic rings. The third kappa shape index (κ3) is 5.38. The van der Waals surface area contributed by atoms with Gasteiger partial charge in [0.1, 0.15) is 17.1 Å². The van der Waals surface area contributed by atoms with E-state index in [-0.39, 0.29) is 40.9 Å². The van der Waals surface area contributed by atoms with E-state index in [1.807, 2.05) is 20.8 Å². The van der Waals surface area contributed by atoms with Crippen LogP contribution in [0.25, 0.3) is 22.6 Å². The summed E-state index contributed by atoms with van der Waals surface area (Å²) in [5.74, 6) is 0.619. The predicted octanol–water partition coefficient (Wildman–Crippen LogP) is 0.510. The Morgan fingerprint density at radius 3 is 2.42 bits per heavy atom. The van der Waals surface area contributed by atoms with Crippen molar-refractivity contribution in [2.24, 2.45) is 13.0 Å². The molecule has 198 valence electrons. The van der Waals surface area contributed by atoms with Gasteiger partial charge in [0.15, 0.2) is 5.65 Å². The summed E-state index contributed by atoms with van der Waals surface area (Å²) < 4.78 is 35.7. The van der Waals surface area contributed by atoms with Crippen LogP contribution in [0.15, 0.2) is 32.7 Å². The van der Waals surface area contributed by atoms with Crippen molar-refractivity contribution in [1.82, 2.24) is 23.4 Å². The molecule has 2 aromatic heterocycles. The molecule has 0 atom stereocenters. The standard InChI is InChI=1S/C23H33N5O7S/c1-5-12-35-18-7-6-16(36(33,34)27(8-10-29)9-11-30)13-17(18)20-24-19-21(25-20)28(14-15(2)3)23(32)26(4)22(19)31/h6-7,13,15,29-30H,5,8-12,14H2,1-4H3,(H,24,25). The molecule has 0 saturated carbocycles. The smallest absolute Gasteiger partial charge is 0.332 e. The fourth-order valence-electron chi connectivity index (χ4n) is 3.81. The molecule has 0 fully saturated rings.